The van der Waals surface area contributed by atoms with E-state index < -0.39 is 76.6 Å². The number of methoxy groups -OCH3 is 1. The van der Waals surface area contributed by atoms with Gasteiger partial charge < -0.3 is 25.0 Å². The highest BCUT2D eigenvalue weighted by atomic mass is 16.5. The van der Waals surface area contributed by atoms with E-state index in [4.69, 9.17) is 4.74 Å². The number of aryl methyl sites for hydroxylation is 2. The second-order valence-electron chi connectivity index (χ2n) is 10.5. The third-order valence-electron chi connectivity index (χ3n) is 8.35. The molecule has 4 N–H and O–H groups in total. The van der Waals surface area contributed by atoms with E-state index in [1.54, 1.807) is 12.1 Å². The highest BCUT2D eigenvalue weighted by molar-refractivity contribution is 5.93. The Labute approximate surface area is 229 Å². The molecule has 1 unspecified atom stereocenters. The molecule has 0 saturated carbocycles. The molecule has 10 nitrogen and oxygen atoms in total. The third kappa shape index (κ3) is 3.33. The molecule has 1 heterocycles. The summed E-state index contributed by atoms with van der Waals surface area (Å²) in [5, 5.41) is 32.5. The predicted molar refractivity (Wildman–Crippen MR) is 151 cm³/mol. The summed E-state index contributed by atoms with van der Waals surface area (Å²) < 4.78 is 4.91. The van der Waals surface area contributed by atoms with E-state index in [1.807, 2.05) is 19.1 Å². The number of aromatic hydroxyl groups is 1. The zero-order chi connectivity index (χ0) is 29.4. The van der Waals surface area contributed by atoms with Crippen LogP contribution in [-0.2, 0) is 18.3 Å². The van der Waals surface area contributed by atoms with Gasteiger partial charge in [-0.15, -0.1) is 0 Å². The lowest BCUT2D eigenvalue weighted by molar-refractivity contribution is 0.334. The van der Waals surface area contributed by atoms with Crippen molar-refractivity contribution < 1.29 is 20.1 Å². The van der Waals surface area contributed by atoms with E-state index >= 15 is 0 Å². The molecule has 208 valence electrons. The van der Waals surface area contributed by atoms with Gasteiger partial charge in [-0.3, -0.25) is 24.0 Å². The first kappa shape index (κ1) is 26.2. The number of aromatic amines is 1. The van der Waals surface area contributed by atoms with E-state index in [0.29, 0.717) is 42.3 Å². The van der Waals surface area contributed by atoms with Crippen LogP contribution in [-0.4, -0.2) is 27.4 Å². The van der Waals surface area contributed by atoms with Crippen LogP contribution in [0.2, 0.25) is 0 Å². The Balaban J connectivity index is 1.74. The lowest BCUT2D eigenvalue weighted by Crippen LogP contribution is -2.51. The van der Waals surface area contributed by atoms with E-state index in [1.165, 1.54) is 0 Å². The van der Waals surface area contributed by atoms with Crippen LogP contribution in [0.15, 0.2) is 54.3 Å². The van der Waals surface area contributed by atoms with Crippen LogP contribution < -0.4 is 42.4 Å². The minimum atomic E-state index is -1.93. The maximum atomic E-state index is 13.6. The van der Waals surface area contributed by atoms with Gasteiger partial charge in [-0.25, -0.2) is 0 Å². The normalized spacial score (nSPS) is 18.1. The number of benzene rings is 1. The monoisotopic (exact) mass is 555 g/mol. The molecule has 0 bridgehead atoms. The number of ether oxygens (including phenoxy) is 1. The van der Waals surface area contributed by atoms with Crippen molar-refractivity contribution in [1.29, 1.82) is 0 Å². The lowest BCUT2D eigenvalue weighted by atomic mass is 9.67. The molecule has 10 heteroatoms. The van der Waals surface area contributed by atoms with E-state index in [-0.39, 0.29) is 17.4 Å². The van der Waals surface area contributed by atoms with Crippen LogP contribution in [0.1, 0.15) is 43.0 Å². The van der Waals surface area contributed by atoms with E-state index in [0.717, 1.165) is 13.2 Å². The van der Waals surface area contributed by atoms with Gasteiger partial charge >= 0.3 is 0 Å². The summed E-state index contributed by atoms with van der Waals surface area (Å²) in [5.41, 5.74) is -5.46. The maximum absolute atomic E-state index is 13.6. The molecule has 6 rings (SSSR count). The Morgan fingerprint density at radius 1 is 0.927 bits per heavy atom. The Bertz CT molecular complexity index is 2330. The van der Waals surface area contributed by atoms with Gasteiger partial charge in [-0.1, -0.05) is 18.2 Å². The van der Waals surface area contributed by atoms with Crippen molar-refractivity contribution in [1.82, 2.24) is 4.98 Å². The number of phenolic OH excluding ortho intramolecular Hbond substituents is 1. The molecule has 0 aliphatic heterocycles. The second-order valence-corrected chi connectivity index (χ2v) is 10.5. The van der Waals surface area contributed by atoms with Gasteiger partial charge in [0.2, 0.25) is 16.3 Å². The number of rotatable bonds is 4. The first-order valence-corrected chi connectivity index (χ1v) is 13.2. The molecule has 1 atom stereocenters. The van der Waals surface area contributed by atoms with Gasteiger partial charge in [0.05, 0.1) is 33.4 Å². The number of pyridine rings is 1. The van der Waals surface area contributed by atoms with Crippen molar-refractivity contribution >= 4 is 22.3 Å². The van der Waals surface area contributed by atoms with Crippen LogP contribution in [0.5, 0.6) is 11.5 Å². The van der Waals surface area contributed by atoms with E-state index in [9.17, 15) is 39.3 Å². The summed E-state index contributed by atoms with van der Waals surface area (Å²) in [7, 11) is 1.13. The second kappa shape index (κ2) is 9.02. The fraction of sp³-hybridized carbons (Fsp3) is 0.258. The number of H-pyrrole nitrogens is 1. The average Bonchev–Trinajstić information content (AvgIpc) is 3.15. The van der Waals surface area contributed by atoms with Crippen LogP contribution in [0, 0.1) is 10.4 Å². The van der Waals surface area contributed by atoms with Crippen molar-refractivity contribution in [2.24, 2.45) is 0 Å². The molecular formula is C31H25NO9. The number of nitrogens with one attached hydrogen (secondary N) is 1. The average molecular weight is 556 g/mol. The summed E-state index contributed by atoms with van der Waals surface area (Å²) >= 11 is 0. The van der Waals surface area contributed by atoms with Gasteiger partial charge in [0.1, 0.15) is 22.7 Å². The number of aromatic nitrogens is 1. The van der Waals surface area contributed by atoms with Crippen molar-refractivity contribution in [3.63, 3.8) is 0 Å². The van der Waals surface area contributed by atoms with Crippen LogP contribution in [0.25, 0.3) is 22.3 Å². The van der Waals surface area contributed by atoms with Crippen LogP contribution in [0.4, 0.5) is 0 Å². The highest BCUT2D eigenvalue weighted by Gasteiger charge is 2.51. The molecule has 0 amide bonds. The minimum absolute atomic E-state index is 0.000234. The van der Waals surface area contributed by atoms with E-state index in [2.05, 4.69) is 4.98 Å². The van der Waals surface area contributed by atoms with Gasteiger partial charge in [0.15, 0.2) is 11.2 Å². The number of allylic oxidation sites excluding steroid dienone is 2. The molecule has 1 spiro atoms. The molecule has 0 fully saturated rings. The summed E-state index contributed by atoms with van der Waals surface area (Å²) in [6, 6.07) is 4.26. The number of phenols is 1. The molecule has 4 aliphatic carbocycles. The Kier molecular flexibility index (Phi) is 5.77. The standard InChI is InChI=1S/C31H25NO9/c1-3-4-5-8-15-11-14-10-13-7-6-9-31(23(13)27(37)18(14)30(40)32-15)28(38)21-22(29(31)39)26(36)20-19(25(21)35)16(33)12-17(41-2)24(20)34/h3-4,10-12,37-39H,5-9H2,1-2H3,(H,32,40)/b4-3+. The molecular weight excluding hydrogens is 530 g/mol. The van der Waals surface area contributed by atoms with Crippen molar-refractivity contribution in [2.75, 3.05) is 7.11 Å². The zero-order valence-electron chi connectivity index (χ0n) is 22.2. The summed E-state index contributed by atoms with van der Waals surface area (Å²) in [4.78, 5) is 68.9. The number of aliphatic hydroxyl groups is 2. The van der Waals surface area contributed by atoms with Crippen LogP contribution in [0.3, 0.4) is 0 Å². The molecule has 2 aromatic rings. The zero-order valence-corrected chi connectivity index (χ0v) is 22.2. The predicted octanol–water partition coefficient (Wildman–Crippen LogP) is 0.412. The summed E-state index contributed by atoms with van der Waals surface area (Å²) in [5.74, 6) is -2.37. The number of fused-ring (bicyclic) bond motifs is 4. The highest BCUT2D eigenvalue weighted by Crippen LogP contribution is 2.52. The number of aliphatic hydroxyl groups excluding tert-OH is 2. The van der Waals surface area contributed by atoms with Gasteiger partial charge in [-0.2, -0.15) is 0 Å². The topological polar surface area (TPSA) is 171 Å². The Morgan fingerprint density at radius 3 is 2.27 bits per heavy atom. The van der Waals surface area contributed by atoms with Gasteiger partial charge in [0.25, 0.3) is 5.56 Å². The quantitative estimate of drug-likeness (QED) is 0.260. The molecule has 1 aromatic carbocycles. The number of hydrogen-bond donors (Lipinski definition) is 4. The largest absolute Gasteiger partial charge is 0.510 e. The Morgan fingerprint density at radius 2 is 1.61 bits per heavy atom. The Hall–Kier alpha value is -4.99. The molecule has 4 aliphatic rings. The first-order valence-electron chi connectivity index (χ1n) is 13.2. The first-order chi connectivity index (χ1) is 19.6. The molecule has 41 heavy (non-hydrogen) atoms. The molecule has 0 radical (unpaired) electrons. The summed E-state index contributed by atoms with van der Waals surface area (Å²) in [6.45, 7) is 1.90. The van der Waals surface area contributed by atoms with Crippen molar-refractivity contribution in [3.05, 3.63) is 119 Å². The van der Waals surface area contributed by atoms with Crippen molar-refractivity contribution in [2.45, 2.75) is 44.4 Å². The molecule has 0 saturated heterocycles. The fourth-order valence-electron chi connectivity index (χ4n) is 6.56. The summed E-state index contributed by atoms with van der Waals surface area (Å²) in [6.07, 6.45) is 5.92. The maximum Gasteiger partial charge on any atom is 0.259 e. The van der Waals surface area contributed by atoms with Gasteiger partial charge in [-0.05, 0) is 56.0 Å². The van der Waals surface area contributed by atoms with Crippen LogP contribution >= 0.6 is 0 Å². The fourth-order valence-corrected chi connectivity index (χ4v) is 6.56. The SMILES string of the molecule is C/C=C/CCc1cc2cc3c(c(O)c2c(=O)[nH]1)C1(CCC3)C(O)=c2c(=O)c3c(=O)cc(OC)c(=O)c=3c(=O)c2=C1O. The minimum Gasteiger partial charge on any atom is -0.510 e. The van der Waals surface area contributed by atoms with Crippen molar-refractivity contribution in [3.8, 4) is 11.5 Å². The molecule has 1 aromatic heterocycles. The van der Waals surface area contributed by atoms with Gasteiger partial charge in [0, 0.05) is 17.3 Å². The lowest BCUT2D eigenvalue weighted by Gasteiger charge is -2.37. The number of hydrogen-bond acceptors (Lipinski definition) is 9. The smallest absolute Gasteiger partial charge is 0.259 e. The third-order valence-corrected chi connectivity index (χ3v) is 8.35.